The van der Waals surface area contributed by atoms with Gasteiger partial charge in [-0.2, -0.15) is 0 Å². The van der Waals surface area contributed by atoms with Crippen LogP contribution in [0, 0.1) is 0 Å². The van der Waals surface area contributed by atoms with E-state index in [0.717, 1.165) is 42.8 Å². The Morgan fingerprint density at radius 1 is 1.21 bits per heavy atom. The molecule has 0 saturated heterocycles. The lowest BCUT2D eigenvalue weighted by Crippen LogP contribution is -2.14. The van der Waals surface area contributed by atoms with Gasteiger partial charge in [0.05, 0.1) is 6.61 Å². The van der Waals surface area contributed by atoms with Crippen molar-refractivity contribution in [3.8, 4) is 5.75 Å². The average Bonchev–Trinajstić information content (AvgIpc) is 3.08. The summed E-state index contributed by atoms with van der Waals surface area (Å²) >= 11 is 0. The van der Waals surface area contributed by atoms with Crippen molar-refractivity contribution in [3.63, 3.8) is 0 Å². The quantitative estimate of drug-likeness (QED) is 0.723. The molecule has 0 radical (unpaired) electrons. The standard InChI is InChI=1S/C20H26N2O2/c1-3-20-21-12-14-22(20)13-11-18(23)16-9-10-19(24-4-2)17-8-6-5-7-15(16)17/h9-10,12,14H,3-8,11,13H2,1-2H3. The highest BCUT2D eigenvalue weighted by molar-refractivity contribution is 5.98. The number of Topliss-reactive ketones (excluding diaryl/α,β-unsaturated/α-hetero) is 1. The molecular weight excluding hydrogens is 300 g/mol. The first-order valence-corrected chi connectivity index (χ1v) is 9.05. The summed E-state index contributed by atoms with van der Waals surface area (Å²) < 4.78 is 7.85. The van der Waals surface area contributed by atoms with E-state index in [-0.39, 0.29) is 5.78 Å². The van der Waals surface area contributed by atoms with Gasteiger partial charge in [-0.25, -0.2) is 4.98 Å². The summed E-state index contributed by atoms with van der Waals surface area (Å²) in [5, 5.41) is 0. The number of aryl methyl sites for hydroxylation is 2. The molecule has 0 bridgehead atoms. The number of ketones is 1. The SMILES string of the molecule is CCOc1ccc(C(=O)CCn2ccnc2CC)c2c1CCCC2. The predicted octanol–water partition coefficient (Wildman–Crippen LogP) is 4.00. The summed E-state index contributed by atoms with van der Waals surface area (Å²) in [4.78, 5) is 17.1. The van der Waals surface area contributed by atoms with Gasteiger partial charge in [0.15, 0.2) is 5.78 Å². The molecule has 1 aromatic carbocycles. The normalized spacial score (nSPS) is 13.6. The van der Waals surface area contributed by atoms with E-state index in [9.17, 15) is 4.79 Å². The Morgan fingerprint density at radius 2 is 2.00 bits per heavy atom. The lowest BCUT2D eigenvalue weighted by molar-refractivity contribution is 0.0975. The molecule has 0 N–H and O–H groups in total. The Hall–Kier alpha value is -2.10. The first kappa shape index (κ1) is 16.7. The van der Waals surface area contributed by atoms with Crippen LogP contribution in [0.15, 0.2) is 24.5 Å². The van der Waals surface area contributed by atoms with Crippen LogP contribution >= 0.6 is 0 Å². The van der Waals surface area contributed by atoms with Crippen molar-refractivity contribution in [2.24, 2.45) is 0 Å². The highest BCUT2D eigenvalue weighted by atomic mass is 16.5. The molecule has 0 amide bonds. The van der Waals surface area contributed by atoms with E-state index in [1.165, 1.54) is 17.5 Å². The second kappa shape index (κ2) is 7.65. The number of rotatable bonds is 7. The summed E-state index contributed by atoms with van der Waals surface area (Å²) in [6, 6.07) is 3.95. The fraction of sp³-hybridized carbons (Fsp3) is 0.500. The highest BCUT2D eigenvalue weighted by Gasteiger charge is 2.21. The molecule has 1 aromatic heterocycles. The Labute approximate surface area is 143 Å². The summed E-state index contributed by atoms with van der Waals surface area (Å²) in [6.07, 6.45) is 9.52. The zero-order valence-corrected chi connectivity index (χ0v) is 14.7. The topological polar surface area (TPSA) is 44.1 Å². The average molecular weight is 326 g/mol. The molecule has 24 heavy (non-hydrogen) atoms. The van der Waals surface area contributed by atoms with Crippen LogP contribution in [0.25, 0.3) is 0 Å². The molecule has 4 heteroatoms. The van der Waals surface area contributed by atoms with Crippen molar-refractivity contribution >= 4 is 5.78 Å². The number of carbonyl (C=O) groups excluding carboxylic acids is 1. The molecule has 1 aliphatic rings. The molecule has 128 valence electrons. The van der Waals surface area contributed by atoms with E-state index >= 15 is 0 Å². The zero-order valence-electron chi connectivity index (χ0n) is 14.7. The smallest absolute Gasteiger partial charge is 0.164 e. The minimum absolute atomic E-state index is 0.229. The highest BCUT2D eigenvalue weighted by Crippen LogP contribution is 2.33. The second-order valence-corrected chi connectivity index (χ2v) is 6.27. The molecule has 0 atom stereocenters. The molecular formula is C20H26N2O2. The van der Waals surface area contributed by atoms with Crippen LogP contribution in [0.1, 0.15) is 60.4 Å². The van der Waals surface area contributed by atoms with Crippen molar-refractivity contribution < 1.29 is 9.53 Å². The molecule has 1 aliphatic carbocycles. The van der Waals surface area contributed by atoms with Crippen LogP contribution < -0.4 is 4.74 Å². The van der Waals surface area contributed by atoms with Crippen molar-refractivity contribution in [2.45, 2.75) is 58.9 Å². The number of fused-ring (bicyclic) bond motifs is 1. The zero-order chi connectivity index (χ0) is 16.9. The van der Waals surface area contributed by atoms with Gasteiger partial charge < -0.3 is 9.30 Å². The minimum Gasteiger partial charge on any atom is -0.494 e. The third-order valence-corrected chi connectivity index (χ3v) is 4.79. The first-order chi connectivity index (χ1) is 11.7. The van der Waals surface area contributed by atoms with Crippen molar-refractivity contribution in [2.75, 3.05) is 6.61 Å². The second-order valence-electron chi connectivity index (χ2n) is 6.27. The Kier molecular flexibility index (Phi) is 5.34. The van der Waals surface area contributed by atoms with Crippen LogP contribution in [0.3, 0.4) is 0 Å². The number of hydrogen-bond donors (Lipinski definition) is 0. The molecule has 0 saturated carbocycles. The Bertz CT molecular complexity index is 718. The van der Waals surface area contributed by atoms with Gasteiger partial charge in [-0.15, -0.1) is 0 Å². The summed E-state index contributed by atoms with van der Waals surface area (Å²) in [6.45, 7) is 5.46. The molecule has 4 nitrogen and oxygen atoms in total. The van der Waals surface area contributed by atoms with Gasteiger partial charge in [0.25, 0.3) is 0 Å². The van der Waals surface area contributed by atoms with Gasteiger partial charge in [0.1, 0.15) is 11.6 Å². The van der Waals surface area contributed by atoms with E-state index in [4.69, 9.17) is 4.74 Å². The fourth-order valence-electron chi connectivity index (χ4n) is 3.60. The number of nitrogens with zero attached hydrogens (tertiary/aromatic N) is 2. The molecule has 0 spiro atoms. The number of aromatic nitrogens is 2. The number of ether oxygens (including phenoxy) is 1. The third kappa shape index (κ3) is 3.37. The molecule has 1 heterocycles. The lowest BCUT2D eigenvalue weighted by atomic mass is 9.86. The lowest BCUT2D eigenvalue weighted by Gasteiger charge is -2.22. The molecule has 3 rings (SSSR count). The largest absolute Gasteiger partial charge is 0.494 e. The van der Waals surface area contributed by atoms with Gasteiger partial charge in [-0.3, -0.25) is 4.79 Å². The van der Waals surface area contributed by atoms with E-state index in [1.54, 1.807) is 0 Å². The summed E-state index contributed by atoms with van der Waals surface area (Å²) in [7, 11) is 0. The maximum Gasteiger partial charge on any atom is 0.164 e. The Balaban J connectivity index is 1.79. The van der Waals surface area contributed by atoms with Gasteiger partial charge in [0.2, 0.25) is 0 Å². The van der Waals surface area contributed by atoms with Gasteiger partial charge in [-0.05, 0) is 55.9 Å². The first-order valence-electron chi connectivity index (χ1n) is 9.05. The van der Waals surface area contributed by atoms with Crippen LogP contribution in [0.5, 0.6) is 5.75 Å². The predicted molar refractivity (Wildman–Crippen MR) is 94.8 cm³/mol. The van der Waals surface area contributed by atoms with Crippen LogP contribution in [0.2, 0.25) is 0 Å². The minimum atomic E-state index is 0.229. The van der Waals surface area contributed by atoms with Crippen LogP contribution in [-0.2, 0) is 25.8 Å². The number of carbonyl (C=O) groups is 1. The van der Waals surface area contributed by atoms with Gasteiger partial charge in [-0.1, -0.05) is 6.92 Å². The summed E-state index contributed by atoms with van der Waals surface area (Å²) in [5.41, 5.74) is 3.37. The number of imidazole rings is 1. The number of benzene rings is 1. The Morgan fingerprint density at radius 3 is 2.75 bits per heavy atom. The van der Waals surface area contributed by atoms with Gasteiger partial charge >= 0.3 is 0 Å². The molecule has 2 aromatic rings. The molecule has 0 unspecified atom stereocenters. The van der Waals surface area contributed by atoms with Crippen molar-refractivity contribution in [1.29, 1.82) is 0 Å². The number of hydrogen-bond acceptors (Lipinski definition) is 3. The van der Waals surface area contributed by atoms with Crippen LogP contribution in [0.4, 0.5) is 0 Å². The fourth-order valence-corrected chi connectivity index (χ4v) is 3.60. The molecule has 0 aliphatic heterocycles. The van der Waals surface area contributed by atoms with Gasteiger partial charge in [0, 0.05) is 37.3 Å². The maximum atomic E-state index is 12.8. The van der Waals surface area contributed by atoms with Crippen molar-refractivity contribution in [1.82, 2.24) is 9.55 Å². The van der Waals surface area contributed by atoms with E-state index < -0.39 is 0 Å². The summed E-state index contributed by atoms with van der Waals surface area (Å²) in [5.74, 6) is 2.23. The van der Waals surface area contributed by atoms with Crippen LogP contribution in [-0.4, -0.2) is 21.9 Å². The molecule has 0 fully saturated rings. The van der Waals surface area contributed by atoms with Crippen molar-refractivity contribution in [3.05, 3.63) is 47.0 Å². The monoisotopic (exact) mass is 326 g/mol. The third-order valence-electron chi connectivity index (χ3n) is 4.79. The van der Waals surface area contributed by atoms with E-state index in [0.29, 0.717) is 19.6 Å². The van der Waals surface area contributed by atoms with E-state index in [1.807, 2.05) is 31.5 Å². The maximum absolute atomic E-state index is 12.8. The van der Waals surface area contributed by atoms with E-state index in [2.05, 4.69) is 16.5 Å².